The van der Waals surface area contributed by atoms with Gasteiger partial charge in [0.05, 0.1) is 30.7 Å². The van der Waals surface area contributed by atoms with E-state index in [4.69, 9.17) is 48.7 Å². The molecule has 0 spiro atoms. The quantitative estimate of drug-likeness (QED) is 0.210. The molecule has 4 rings (SSSR count). The maximum Gasteiger partial charge on any atom is 0.373 e. The monoisotopic (exact) mass is 581 g/mol. The van der Waals surface area contributed by atoms with Crippen molar-refractivity contribution in [3.8, 4) is 11.5 Å². The van der Waals surface area contributed by atoms with Gasteiger partial charge in [-0.1, -0.05) is 40.9 Å². The third-order valence-electron chi connectivity index (χ3n) is 5.17. The van der Waals surface area contributed by atoms with Gasteiger partial charge >= 0.3 is 5.97 Å². The topological polar surface area (TPSA) is 95.3 Å². The van der Waals surface area contributed by atoms with Gasteiger partial charge in [-0.15, -0.1) is 0 Å². The van der Waals surface area contributed by atoms with Crippen LogP contribution < -0.4 is 9.47 Å². The van der Waals surface area contributed by atoms with Gasteiger partial charge in [0, 0.05) is 15.6 Å². The first-order chi connectivity index (χ1) is 17.7. The van der Waals surface area contributed by atoms with Gasteiger partial charge in [0.25, 0.3) is 11.1 Å². The van der Waals surface area contributed by atoms with Crippen molar-refractivity contribution < 1.29 is 33.0 Å². The number of methoxy groups -OCH3 is 2. The number of nitrogens with zero attached hydrogens (tertiary/aromatic N) is 1. The molecular formula is C25H18Cl3NO7S. The molecule has 1 saturated heterocycles. The lowest BCUT2D eigenvalue weighted by Crippen LogP contribution is -2.27. The van der Waals surface area contributed by atoms with Gasteiger partial charge in [0.2, 0.25) is 5.76 Å². The molecule has 2 heterocycles. The third-order valence-corrected chi connectivity index (χ3v) is 6.95. The Morgan fingerprint density at radius 1 is 1.05 bits per heavy atom. The molecule has 0 unspecified atom stereocenters. The number of hydrogen-bond donors (Lipinski definition) is 0. The van der Waals surface area contributed by atoms with Crippen LogP contribution in [0, 0.1) is 0 Å². The van der Waals surface area contributed by atoms with E-state index in [2.05, 4.69) is 4.74 Å². The molecule has 0 saturated carbocycles. The second-order valence-corrected chi connectivity index (χ2v) is 9.83. The average molecular weight is 583 g/mol. The molecule has 37 heavy (non-hydrogen) atoms. The molecule has 12 heteroatoms. The van der Waals surface area contributed by atoms with Crippen LogP contribution in [-0.4, -0.2) is 36.2 Å². The fourth-order valence-corrected chi connectivity index (χ4v) is 4.94. The fourth-order valence-electron chi connectivity index (χ4n) is 3.37. The summed E-state index contributed by atoms with van der Waals surface area (Å²) in [6, 6.07) is 11.2. The lowest BCUT2D eigenvalue weighted by molar-refractivity contribution is -0.123. The summed E-state index contributed by atoms with van der Waals surface area (Å²) in [5, 5.41) is 0.713. The van der Waals surface area contributed by atoms with E-state index in [9.17, 15) is 14.4 Å². The second kappa shape index (κ2) is 11.5. The van der Waals surface area contributed by atoms with Crippen molar-refractivity contribution in [2.24, 2.45) is 0 Å². The highest BCUT2D eigenvalue weighted by Crippen LogP contribution is 2.40. The molecule has 1 aliphatic heterocycles. The van der Waals surface area contributed by atoms with E-state index in [-0.39, 0.29) is 34.6 Å². The molecule has 1 aliphatic rings. The highest BCUT2D eigenvalue weighted by molar-refractivity contribution is 8.18. The molecule has 0 bridgehead atoms. The maximum absolute atomic E-state index is 12.9. The predicted octanol–water partition coefficient (Wildman–Crippen LogP) is 6.85. The summed E-state index contributed by atoms with van der Waals surface area (Å²) in [6.07, 6.45) is 1.53. The summed E-state index contributed by atoms with van der Waals surface area (Å²) in [5.74, 6) is -0.319. The van der Waals surface area contributed by atoms with Crippen LogP contribution in [0.25, 0.3) is 6.08 Å². The number of benzene rings is 2. The Hall–Kier alpha value is -3.11. The van der Waals surface area contributed by atoms with Gasteiger partial charge in [-0.2, -0.15) is 0 Å². The van der Waals surface area contributed by atoms with E-state index in [1.54, 1.807) is 30.3 Å². The normalized spacial score (nSPS) is 14.4. The predicted molar refractivity (Wildman–Crippen MR) is 140 cm³/mol. The molecule has 3 aromatic rings. The Morgan fingerprint density at radius 3 is 2.54 bits per heavy atom. The summed E-state index contributed by atoms with van der Waals surface area (Å²) >= 11 is 19.4. The number of rotatable bonds is 8. The average Bonchev–Trinajstić information content (AvgIpc) is 3.44. The van der Waals surface area contributed by atoms with Crippen molar-refractivity contribution in [3.63, 3.8) is 0 Å². The van der Waals surface area contributed by atoms with Gasteiger partial charge in [-0.3, -0.25) is 14.5 Å². The SMILES string of the molecule is COC(=O)c1ccc(CN2C(=O)S/C(=C/c3cc(Cl)c(OCc4ccc(Cl)cc4Cl)c(OC)c3)C2=O)o1. The van der Waals surface area contributed by atoms with E-state index in [1.165, 1.54) is 32.4 Å². The maximum atomic E-state index is 12.9. The van der Waals surface area contributed by atoms with Crippen LogP contribution in [0.3, 0.4) is 0 Å². The zero-order chi connectivity index (χ0) is 26.7. The van der Waals surface area contributed by atoms with E-state index in [1.807, 2.05) is 0 Å². The molecule has 0 radical (unpaired) electrons. The van der Waals surface area contributed by atoms with Crippen LogP contribution in [0.15, 0.2) is 51.8 Å². The number of esters is 1. The number of halogens is 3. The zero-order valence-corrected chi connectivity index (χ0v) is 22.5. The molecule has 8 nitrogen and oxygen atoms in total. The van der Waals surface area contributed by atoms with Crippen molar-refractivity contribution in [1.82, 2.24) is 4.90 Å². The molecule has 0 aliphatic carbocycles. The molecule has 1 aromatic heterocycles. The summed E-state index contributed by atoms with van der Waals surface area (Å²) < 4.78 is 21.3. The third kappa shape index (κ3) is 6.07. The number of carbonyl (C=O) groups is 3. The molecule has 0 N–H and O–H groups in total. The fraction of sp³-hybridized carbons (Fsp3) is 0.160. The van der Waals surface area contributed by atoms with Crippen molar-refractivity contribution in [3.05, 3.63) is 85.1 Å². The Balaban J connectivity index is 1.51. The van der Waals surface area contributed by atoms with Gasteiger partial charge in [-0.25, -0.2) is 4.79 Å². The van der Waals surface area contributed by atoms with Crippen molar-refractivity contribution in [1.29, 1.82) is 0 Å². The minimum Gasteiger partial charge on any atom is -0.493 e. The van der Waals surface area contributed by atoms with E-state index in [0.29, 0.717) is 32.7 Å². The first kappa shape index (κ1) is 26.9. The number of thioether (sulfide) groups is 1. The van der Waals surface area contributed by atoms with Gasteiger partial charge in [-0.05, 0) is 59.8 Å². The van der Waals surface area contributed by atoms with Crippen molar-refractivity contribution >= 4 is 69.8 Å². The lowest BCUT2D eigenvalue weighted by atomic mass is 10.1. The highest BCUT2D eigenvalue weighted by atomic mass is 35.5. The molecule has 2 amide bonds. The number of ether oxygens (including phenoxy) is 3. The number of hydrogen-bond acceptors (Lipinski definition) is 8. The number of carbonyl (C=O) groups excluding carboxylic acids is 3. The lowest BCUT2D eigenvalue weighted by Gasteiger charge is -2.14. The smallest absolute Gasteiger partial charge is 0.373 e. The van der Waals surface area contributed by atoms with Crippen LogP contribution in [0.5, 0.6) is 11.5 Å². The Morgan fingerprint density at radius 2 is 1.84 bits per heavy atom. The van der Waals surface area contributed by atoms with Gasteiger partial charge in [0.1, 0.15) is 12.4 Å². The number of imide groups is 1. The summed E-state index contributed by atoms with van der Waals surface area (Å²) in [6.45, 7) is -0.0160. The molecule has 2 aromatic carbocycles. The molecule has 192 valence electrons. The molecule has 0 atom stereocenters. The Labute approximate surface area is 231 Å². The van der Waals surface area contributed by atoms with Crippen LogP contribution in [0.1, 0.15) is 27.4 Å². The largest absolute Gasteiger partial charge is 0.493 e. The number of amides is 2. The summed E-state index contributed by atoms with van der Waals surface area (Å²) in [4.78, 5) is 38.2. The van der Waals surface area contributed by atoms with E-state index in [0.717, 1.165) is 16.7 Å². The highest BCUT2D eigenvalue weighted by Gasteiger charge is 2.36. The Bertz CT molecular complexity index is 1420. The van der Waals surface area contributed by atoms with E-state index >= 15 is 0 Å². The summed E-state index contributed by atoms with van der Waals surface area (Å²) in [5.41, 5.74) is 1.23. The minimum atomic E-state index is -0.658. The Kier molecular flexibility index (Phi) is 8.39. The first-order valence-corrected chi connectivity index (χ1v) is 12.5. The summed E-state index contributed by atoms with van der Waals surface area (Å²) in [7, 11) is 2.68. The molecular weight excluding hydrogens is 565 g/mol. The minimum absolute atomic E-state index is 0.0256. The zero-order valence-electron chi connectivity index (χ0n) is 19.4. The van der Waals surface area contributed by atoms with Crippen LogP contribution in [-0.2, 0) is 22.7 Å². The van der Waals surface area contributed by atoms with E-state index < -0.39 is 17.1 Å². The van der Waals surface area contributed by atoms with Crippen molar-refractivity contribution in [2.75, 3.05) is 14.2 Å². The number of furan rings is 1. The second-order valence-electron chi connectivity index (χ2n) is 7.58. The van der Waals surface area contributed by atoms with Crippen LogP contribution in [0.4, 0.5) is 4.79 Å². The van der Waals surface area contributed by atoms with Gasteiger partial charge in [0.15, 0.2) is 11.5 Å². The van der Waals surface area contributed by atoms with Crippen molar-refractivity contribution in [2.45, 2.75) is 13.2 Å². The van der Waals surface area contributed by atoms with Gasteiger partial charge < -0.3 is 18.6 Å². The van der Waals surface area contributed by atoms with Crippen LogP contribution in [0.2, 0.25) is 15.1 Å². The molecule has 1 fully saturated rings. The van der Waals surface area contributed by atoms with Crippen LogP contribution >= 0.6 is 46.6 Å². The standard InChI is InChI=1S/C25H18Cl3NO7S/c1-33-20-8-13(7-18(28)22(20)35-12-14-3-4-15(26)10-17(14)27)9-21-23(30)29(25(32)37-21)11-16-5-6-19(36-16)24(31)34-2/h3-10H,11-12H2,1-2H3/b21-9+. The first-order valence-electron chi connectivity index (χ1n) is 10.6.